The third kappa shape index (κ3) is 6.35. The highest BCUT2D eigenvalue weighted by molar-refractivity contribution is 7.89. The number of urea groups is 2. The summed E-state index contributed by atoms with van der Waals surface area (Å²) in [4.78, 5) is 36.8. The quantitative estimate of drug-likeness (QED) is 0.250. The van der Waals surface area contributed by atoms with Crippen LogP contribution in [0.15, 0.2) is 89.8 Å². The molecule has 0 radical (unpaired) electrons. The second-order valence-corrected chi connectivity index (χ2v) is 10.7. The molecule has 206 valence electrons. The van der Waals surface area contributed by atoms with Gasteiger partial charge in [-0.3, -0.25) is 4.79 Å². The summed E-state index contributed by atoms with van der Waals surface area (Å²) in [6, 6.07) is 20.4. The second-order valence-electron chi connectivity index (χ2n) is 8.79. The van der Waals surface area contributed by atoms with Crippen molar-refractivity contribution in [2.45, 2.75) is 11.8 Å². The summed E-state index contributed by atoms with van der Waals surface area (Å²) in [5, 5.41) is 9.28. The van der Waals surface area contributed by atoms with Crippen LogP contribution in [0.2, 0.25) is 0 Å². The van der Waals surface area contributed by atoms with Gasteiger partial charge >= 0.3 is 12.1 Å². The molecule has 0 aromatic heterocycles. The fourth-order valence-electron chi connectivity index (χ4n) is 3.99. The van der Waals surface area contributed by atoms with E-state index in [2.05, 4.69) is 16.0 Å². The fourth-order valence-corrected chi connectivity index (χ4v) is 5.40. The Morgan fingerprint density at radius 1 is 0.875 bits per heavy atom. The zero-order chi connectivity index (χ0) is 28.9. The first-order chi connectivity index (χ1) is 19.1. The molecular formula is C28H26FN5O5S. The summed E-state index contributed by atoms with van der Waals surface area (Å²) in [6.07, 6.45) is 0. The molecule has 0 bridgehead atoms. The number of hydrogen-bond donors (Lipinski definition) is 4. The number of carbonyl (C=O) groups excluding carboxylic acids is 3. The van der Waals surface area contributed by atoms with Gasteiger partial charge in [0.1, 0.15) is 5.82 Å². The number of nitrogens with two attached hydrogens (primary N) is 1. The second kappa shape index (κ2) is 11.8. The van der Waals surface area contributed by atoms with E-state index in [0.717, 1.165) is 16.8 Å². The first kappa shape index (κ1) is 28.0. The number of amides is 5. The number of nitrogens with zero attached hydrogens (tertiary/aromatic N) is 1. The highest BCUT2D eigenvalue weighted by Gasteiger charge is 2.27. The lowest BCUT2D eigenvalue weighted by molar-refractivity contribution is 0.0951. The monoisotopic (exact) mass is 563 g/mol. The van der Waals surface area contributed by atoms with Crippen molar-refractivity contribution in [1.82, 2.24) is 9.62 Å². The van der Waals surface area contributed by atoms with E-state index in [0.29, 0.717) is 15.6 Å². The highest BCUT2D eigenvalue weighted by Crippen LogP contribution is 2.24. The molecule has 0 aliphatic rings. The van der Waals surface area contributed by atoms with Crippen LogP contribution in [-0.2, 0) is 10.0 Å². The number of aryl methyl sites for hydroxylation is 1. The predicted octanol–water partition coefficient (Wildman–Crippen LogP) is 4.43. The topological polar surface area (TPSA) is 151 Å². The third-order valence-corrected chi connectivity index (χ3v) is 7.73. The van der Waals surface area contributed by atoms with Gasteiger partial charge in [-0.15, -0.1) is 0 Å². The normalized spacial score (nSPS) is 11.1. The minimum absolute atomic E-state index is 0.0790. The van der Waals surface area contributed by atoms with Gasteiger partial charge in [0.05, 0.1) is 22.8 Å². The van der Waals surface area contributed by atoms with Gasteiger partial charge in [-0.25, -0.2) is 26.7 Å². The third-order valence-electron chi connectivity index (χ3n) is 5.94. The Morgan fingerprint density at radius 2 is 1.57 bits per heavy atom. The summed E-state index contributed by atoms with van der Waals surface area (Å²) < 4.78 is 40.9. The van der Waals surface area contributed by atoms with Crippen molar-refractivity contribution >= 4 is 50.1 Å². The molecule has 12 heteroatoms. The van der Waals surface area contributed by atoms with Crippen LogP contribution in [0, 0.1) is 12.7 Å². The van der Waals surface area contributed by atoms with Crippen molar-refractivity contribution in [2.75, 3.05) is 23.7 Å². The first-order valence-corrected chi connectivity index (χ1v) is 13.5. The van der Waals surface area contributed by atoms with Gasteiger partial charge in [0.2, 0.25) is 0 Å². The molecule has 0 unspecified atom stereocenters. The molecule has 10 nitrogen and oxygen atoms in total. The Balaban J connectivity index is 1.37. The fraction of sp³-hybridized carbons (Fsp3) is 0.107. The first-order valence-electron chi connectivity index (χ1n) is 12.1. The van der Waals surface area contributed by atoms with Gasteiger partial charge in [0.15, 0.2) is 0 Å². The van der Waals surface area contributed by atoms with Gasteiger partial charge in [0, 0.05) is 17.5 Å². The van der Waals surface area contributed by atoms with E-state index < -0.39 is 40.4 Å². The van der Waals surface area contributed by atoms with E-state index in [9.17, 15) is 27.2 Å². The van der Waals surface area contributed by atoms with E-state index in [1.807, 2.05) is 30.3 Å². The van der Waals surface area contributed by atoms with Gasteiger partial charge in [0.25, 0.3) is 15.9 Å². The number of nitrogens with one attached hydrogen (secondary N) is 3. The summed E-state index contributed by atoms with van der Waals surface area (Å²) in [6.45, 7) is 0.987. The Kier molecular flexibility index (Phi) is 8.29. The van der Waals surface area contributed by atoms with Gasteiger partial charge in [-0.1, -0.05) is 48.5 Å². The maximum Gasteiger partial charge on any atom is 0.328 e. The molecule has 0 aliphatic heterocycles. The van der Waals surface area contributed by atoms with Crippen LogP contribution in [0.25, 0.3) is 10.8 Å². The number of fused-ring (bicyclic) bond motifs is 1. The number of halogens is 1. The Hall–Kier alpha value is -4.97. The Morgan fingerprint density at radius 3 is 2.30 bits per heavy atom. The molecular weight excluding hydrogens is 537 g/mol. The van der Waals surface area contributed by atoms with Gasteiger partial charge in [-0.05, 0) is 54.3 Å². The van der Waals surface area contributed by atoms with E-state index in [4.69, 9.17) is 5.73 Å². The minimum atomic E-state index is -4.24. The van der Waals surface area contributed by atoms with Crippen molar-refractivity contribution in [2.24, 2.45) is 5.73 Å². The zero-order valence-electron chi connectivity index (χ0n) is 21.3. The van der Waals surface area contributed by atoms with Crippen molar-refractivity contribution in [3.8, 4) is 0 Å². The molecule has 0 atom stereocenters. The smallest absolute Gasteiger partial charge is 0.328 e. The summed E-state index contributed by atoms with van der Waals surface area (Å²) in [5.74, 6) is -1.58. The summed E-state index contributed by atoms with van der Waals surface area (Å²) >= 11 is 0. The predicted molar refractivity (Wildman–Crippen MR) is 150 cm³/mol. The molecule has 5 N–H and O–H groups in total. The van der Waals surface area contributed by atoms with E-state index in [-0.39, 0.29) is 22.7 Å². The van der Waals surface area contributed by atoms with Crippen molar-refractivity contribution in [3.63, 3.8) is 0 Å². The van der Waals surface area contributed by atoms with Crippen LogP contribution in [0.1, 0.15) is 15.9 Å². The Bertz CT molecular complexity index is 1710. The van der Waals surface area contributed by atoms with E-state index in [1.165, 1.54) is 30.3 Å². The highest BCUT2D eigenvalue weighted by atomic mass is 32.2. The molecule has 0 spiro atoms. The number of anilines is 2. The van der Waals surface area contributed by atoms with Crippen molar-refractivity contribution < 1.29 is 27.2 Å². The molecule has 0 heterocycles. The van der Waals surface area contributed by atoms with Crippen molar-refractivity contribution in [1.29, 1.82) is 0 Å². The van der Waals surface area contributed by atoms with E-state index in [1.54, 1.807) is 25.1 Å². The van der Waals surface area contributed by atoms with Gasteiger partial charge in [-0.2, -0.15) is 0 Å². The number of carbonyl (C=O) groups is 3. The van der Waals surface area contributed by atoms with Gasteiger partial charge < -0.3 is 21.7 Å². The molecule has 0 saturated heterocycles. The average molecular weight is 564 g/mol. The standard InChI is InChI=1S/C28H26FN5O5S/c1-18-6-4-9-21(16-18)40(38,39)34(27(30)36)15-14-31-26(35)20-12-13-25(23(29)17-20)33-28(37)32-24-11-5-8-19-7-2-3-10-22(19)24/h2-13,16-17H,14-15H2,1H3,(H2,30,36)(H,31,35)(H2,32,33,37). The van der Waals surface area contributed by atoms with E-state index >= 15 is 0 Å². The van der Waals surface area contributed by atoms with Crippen LogP contribution >= 0.6 is 0 Å². The summed E-state index contributed by atoms with van der Waals surface area (Å²) in [5.41, 5.74) is 6.27. The van der Waals surface area contributed by atoms with Crippen LogP contribution in [0.3, 0.4) is 0 Å². The molecule has 40 heavy (non-hydrogen) atoms. The summed E-state index contributed by atoms with van der Waals surface area (Å²) in [7, 11) is -4.24. The number of rotatable bonds is 8. The number of primary amides is 1. The molecule has 0 saturated carbocycles. The van der Waals surface area contributed by atoms with Crippen LogP contribution in [0.4, 0.5) is 25.4 Å². The lowest BCUT2D eigenvalue weighted by atomic mass is 10.1. The van der Waals surface area contributed by atoms with Crippen molar-refractivity contribution in [3.05, 3.63) is 102 Å². The maximum atomic E-state index is 14.7. The SMILES string of the molecule is Cc1cccc(S(=O)(=O)N(CCNC(=O)c2ccc(NC(=O)Nc3cccc4ccccc34)c(F)c2)C(N)=O)c1. The molecule has 5 amide bonds. The lowest BCUT2D eigenvalue weighted by Crippen LogP contribution is -2.44. The van der Waals surface area contributed by atoms with Crippen LogP contribution in [0.5, 0.6) is 0 Å². The molecule has 4 aromatic carbocycles. The molecule has 0 fully saturated rings. The molecule has 4 aromatic rings. The van der Waals surface area contributed by atoms with Crippen LogP contribution in [-0.4, -0.2) is 43.8 Å². The van der Waals surface area contributed by atoms with Crippen LogP contribution < -0.4 is 21.7 Å². The average Bonchev–Trinajstić information content (AvgIpc) is 2.92. The molecule has 0 aliphatic carbocycles. The zero-order valence-corrected chi connectivity index (χ0v) is 22.2. The number of hydrogen-bond acceptors (Lipinski definition) is 5. The molecule has 4 rings (SSSR count). The minimum Gasteiger partial charge on any atom is -0.351 e. The number of benzene rings is 4. The Labute approximate surface area is 230 Å². The maximum absolute atomic E-state index is 14.7. The lowest BCUT2D eigenvalue weighted by Gasteiger charge is -2.20. The largest absolute Gasteiger partial charge is 0.351 e. The number of sulfonamides is 1.